The summed E-state index contributed by atoms with van der Waals surface area (Å²) in [6.45, 7) is 5.77. The number of aromatic nitrogens is 2. The molecule has 1 aliphatic heterocycles. The molecule has 0 spiro atoms. The largest absolute Gasteiger partial charge is 0.370 e. The highest BCUT2D eigenvalue weighted by atomic mass is 15.2. The van der Waals surface area contributed by atoms with Crippen LogP contribution in [0.4, 0.5) is 5.82 Å². The summed E-state index contributed by atoms with van der Waals surface area (Å²) in [5.74, 6) is 2.34. The summed E-state index contributed by atoms with van der Waals surface area (Å²) < 4.78 is 0. The molecular formula is C20H28N6. The van der Waals surface area contributed by atoms with Gasteiger partial charge >= 0.3 is 0 Å². The van der Waals surface area contributed by atoms with Crippen LogP contribution in [0.25, 0.3) is 0 Å². The van der Waals surface area contributed by atoms with E-state index in [4.69, 9.17) is 5.73 Å². The molecule has 0 saturated carbocycles. The smallest absolute Gasteiger partial charge is 0.188 e. The van der Waals surface area contributed by atoms with Gasteiger partial charge in [0.25, 0.3) is 0 Å². The molecule has 3 N–H and O–H groups in total. The van der Waals surface area contributed by atoms with Gasteiger partial charge in [-0.05, 0) is 42.5 Å². The van der Waals surface area contributed by atoms with E-state index < -0.39 is 0 Å². The van der Waals surface area contributed by atoms with E-state index in [1.54, 1.807) is 6.20 Å². The number of hydrogen-bond acceptors (Lipinski definition) is 4. The quantitative estimate of drug-likeness (QED) is 0.616. The SMILES string of the molecule is CC1CCN(c2ccc(CN=C(N)NCCc3ccccn3)cn2)CC1. The van der Waals surface area contributed by atoms with Crippen molar-refractivity contribution in [2.24, 2.45) is 16.6 Å². The number of piperidine rings is 1. The monoisotopic (exact) mass is 352 g/mol. The van der Waals surface area contributed by atoms with Crippen LogP contribution < -0.4 is 16.0 Å². The Morgan fingerprint density at radius 2 is 2.08 bits per heavy atom. The minimum atomic E-state index is 0.454. The first-order valence-electron chi connectivity index (χ1n) is 9.34. The van der Waals surface area contributed by atoms with Gasteiger partial charge in [0.05, 0.1) is 6.54 Å². The molecule has 1 saturated heterocycles. The van der Waals surface area contributed by atoms with Crippen LogP contribution in [0.3, 0.4) is 0 Å². The minimum Gasteiger partial charge on any atom is -0.370 e. The van der Waals surface area contributed by atoms with Crippen LogP contribution in [0.2, 0.25) is 0 Å². The van der Waals surface area contributed by atoms with Crippen molar-refractivity contribution >= 4 is 11.8 Å². The third-order valence-electron chi connectivity index (χ3n) is 4.76. The van der Waals surface area contributed by atoms with Crippen molar-refractivity contribution in [3.05, 3.63) is 54.0 Å². The summed E-state index contributed by atoms with van der Waals surface area (Å²) >= 11 is 0. The second kappa shape index (κ2) is 9.17. The lowest BCUT2D eigenvalue weighted by Crippen LogP contribution is -2.33. The van der Waals surface area contributed by atoms with Crippen molar-refractivity contribution in [3.63, 3.8) is 0 Å². The molecule has 0 aliphatic carbocycles. The average molecular weight is 352 g/mol. The molecule has 0 radical (unpaired) electrons. The van der Waals surface area contributed by atoms with Gasteiger partial charge in [-0.2, -0.15) is 0 Å². The molecule has 0 bridgehead atoms. The van der Waals surface area contributed by atoms with Gasteiger partial charge in [-0.15, -0.1) is 0 Å². The molecule has 6 nitrogen and oxygen atoms in total. The van der Waals surface area contributed by atoms with Gasteiger partial charge in [0.15, 0.2) is 5.96 Å². The van der Waals surface area contributed by atoms with E-state index in [1.807, 2.05) is 24.4 Å². The fourth-order valence-electron chi connectivity index (χ4n) is 3.03. The first kappa shape index (κ1) is 18.2. The van der Waals surface area contributed by atoms with E-state index in [9.17, 15) is 0 Å². The first-order chi connectivity index (χ1) is 12.7. The van der Waals surface area contributed by atoms with Crippen molar-refractivity contribution in [2.45, 2.75) is 32.7 Å². The Morgan fingerprint density at radius 1 is 1.23 bits per heavy atom. The molecular weight excluding hydrogens is 324 g/mol. The van der Waals surface area contributed by atoms with Gasteiger partial charge in [0.1, 0.15) is 5.82 Å². The first-order valence-corrected chi connectivity index (χ1v) is 9.34. The molecule has 0 unspecified atom stereocenters. The second-order valence-electron chi connectivity index (χ2n) is 6.89. The van der Waals surface area contributed by atoms with Gasteiger partial charge in [-0.25, -0.2) is 9.98 Å². The molecule has 1 fully saturated rings. The maximum Gasteiger partial charge on any atom is 0.188 e. The highest BCUT2D eigenvalue weighted by Crippen LogP contribution is 2.21. The van der Waals surface area contributed by atoms with E-state index >= 15 is 0 Å². The molecule has 138 valence electrons. The lowest BCUT2D eigenvalue weighted by molar-refractivity contribution is 0.436. The number of nitrogens with zero attached hydrogens (tertiary/aromatic N) is 4. The zero-order valence-electron chi connectivity index (χ0n) is 15.4. The normalized spacial score (nSPS) is 15.9. The van der Waals surface area contributed by atoms with Crippen molar-refractivity contribution in [1.29, 1.82) is 0 Å². The van der Waals surface area contributed by atoms with E-state index in [-0.39, 0.29) is 0 Å². The van der Waals surface area contributed by atoms with Gasteiger partial charge < -0.3 is 16.0 Å². The summed E-state index contributed by atoms with van der Waals surface area (Å²) in [6.07, 6.45) is 7.01. The molecule has 3 rings (SSSR count). The van der Waals surface area contributed by atoms with Crippen molar-refractivity contribution in [3.8, 4) is 0 Å². The number of aliphatic imine (C=N–C) groups is 1. The number of rotatable bonds is 6. The fourth-order valence-corrected chi connectivity index (χ4v) is 3.03. The summed E-state index contributed by atoms with van der Waals surface area (Å²) in [6, 6.07) is 10.1. The zero-order valence-corrected chi connectivity index (χ0v) is 15.4. The Balaban J connectivity index is 1.44. The number of anilines is 1. The van der Waals surface area contributed by atoms with Gasteiger partial charge in [0.2, 0.25) is 0 Å². The van der Waals surface area contributed by atoms with Crippen LogP contribution in [0, 0.1) is 5.92 Å². The number of guanidine groups is 1. The van der Waals surface area contributed by atoms with Crippen molar-refractivity contribution in [2.75, 3.05) is 24.5 Å². The zero-order chi connectivity index (χ0) is 18.2. The summed E-state index contributed by atoms with van der Waals surface area (Å²) in [7, 11) is 0. The predicted octanol–water partition coefficient (Wildman–Crippen LogP) is 2.36. The van der Waals surface area contributed by atoms with Crippen LogP contribution in [0.15, 0.2) is 47.7 Å². The lowest BCUT2D eigenvalue weighted by Gasteiger charge is -2.31. The Labute approximate surface area is 155 Å². The summed E-state index contributed by atoms with van der Waals surface area (Å²) in [5.41, 5.74) is 8.04. The van der Waals surface area contributed by atoms with E-state index in [2.05, 4.69) is 44.2 Å². The number of nitrogens with one attached hydrogen (secondary N) is 1. The van der Waals surface area contributed by atoms with Crippen LogP contribution in [0.1, 0.15) is 31.0 Å². The number of hydrogen-bond donors (Lipinski definition) is 2. The van der Waals surface area contributed by atoms with Gasteiger partial charge in [-0.1, -0.05) is 19.1 Å². The molecule has 2 aromatic heterocycles. The van der Waals surface area contributed by atoms with Crippen LogP contribution in [-0.4, -0.2) is 35.6 Å². The van der Waals surface area contributed by atoms with Crippen molar-refractivity contribution < 1.29 is 0 Å². The van der Waals surface area contributed by atoms with E-state index in [0.29, 0.717) is 12.5 Å². The van der Waals surface area contributed by atoms with Crippen LogP contribution in [-0.2, 0) is 13.0 Å². The third kappa shape index (κ3) is 5.44. The maximum atomic E-state index is 5.94. The molecule has 26 heavy (non-hydrogen) atoms. The predicted molar refractivity (Wildman–Crippen MR) is 106 cm³/mol. The fraction of sp³-hybridized carbons (Fsp3) is 0.450. The van der Waals surface area contributed by atoms with E-state index in [1.165, 1.54) is 12.8 Å². The molecule has 2 aromatic rings. The average Bonchev–Trinajstić information content (AvgIpc) is 2.68. The highest BCUT2D eigenvalue weighted by molar-refractivity contribution is 5.77. The second-order valence-corrected chi connectivity index (χ2v) is 6.89. The van der Waals surface area contributed by atoms with Crippen molar-refractivity contribution in [1.82, 2.24) is 15.3 Å². The summed E-state index contributed by atoms with van der Waals surface area (Å²) in [5, 5.41) is 3.13. The maximum absolute atomic E-state index is 5.94. The molecule has 0 aromatic carbocycles. The molecule has 0 atom stereocenters. The van der Waals surface area contributed by atoms with E-state index in [0.717, 1.165) is 49.0 Å². The number of pyridine rings is 2. The van der Waals surface area contributed by atoms with Crippen LogP contribution in [0.5, 0.6) is 0 Å². The minimum absolute atomic E-state index is 0.454. The highest BCUT2D eigenvalue weighted by Gasteiger charge is 2.16. The topological polar surface area (TPSA) is 79.4 Å². The standard InChI is InChI=1S/C20H28N6/c1-16-8-12-26(13-9-16)19-6-5-17(14-24-19)15-25-20(21)23-11-7-18-4-2-3-10-22-18/h2-6,10,14,16H,7-9,11-13,15H2,1H3,(H3,21,23,25). The third-order valence-corrected chi connectivity index (χ3v) is 4.76. The Kier molecular flexibility index (Phi) is 6.41. The molecule has 6 heteroatoms. The Morgan fingerprint density at radius 3 is 2.77 bits per heavy atom. The molecule has 1 aliphatic rings. The van der Waals surface area contributed by atoms with Crippen LogP contribution >= 0.6 is 0 Å². The number of nitrogens with two attached hydrogens (primary N) is 1. The Bertz CT molecular complexity index is 690. The van der Waals surface area contributed by atoms with Gasteiger partial charge in [-0.3, -0.25) is 4.98 Å². The van der Waals surface area contributed by atoms with Gasteiger partial charge in [0, 0.05) is 44.1 Å². The molecule has 3 heterocycles. The Hall–Kier alpha value is -2.63. The molecule has 0 amide bonds. The lowest BCUT2D eigenvalue weighted by atomic mass is 9.99. The summed E-state index contributed by atoms with van der Waals surface area (Å²) in [4.78, 5) is 15.6.